The fourth-order valence-electron chi connectivity index (χ4n) is 2.29. The predicted octanol–water partition coefficient (Wildman–Crippen LogP) is 6.23. The van der Waals surface area contributed by atoms with E-state index in [0.29, 0.717) is 17.7 Å². The lowest BCUT2D eigenvalue weighted by atomic mass is 10.1. The van der Waals surface area contributed by atoms with Crippen molar-refractivity contribution in [3.8, 4) is 0 Å². The van der Waals surface area contributed by atoms with Gasteiger partial charge in [-0.25, -0.2) is 0 Å². The van der Waals surface area contributed by atoms with Crippen molar-refractivity contribution in [1.29, 1.82) is 0 Å². The summed E-state index contributed by atoms with van der Waals surface area (Å²) in [5, 5.41) is 2.42. The van der Waals surface area contributed by atoms with E-state index in [4.69, 9.17) is 0 Å². The van der Waals surface area contributed by atoms with Gasteiger partial charge in [0.05, 0.1) is 11.1 Å². The van der Waals surface area contributed by atoms with Gasteiger partial charge in [0, 0.05) is 23.0 Å². The molecule has 1 N–H and O–H groups in total. The van der Waals surface area contributed by atoms with Crippen molar-refractivity contribution in [3.63, 3.8) is 0 Å². The number of nitrogens with one attached hydrogen (secondary N) is 1. The molecule has 0 amide bonds. The molecule has 0 radical (unpaired) electrons. The molecule has 2 rings (SSSR count). The number of ketones is 1. The largest absolute Gasteiger partial charge is 0.416 e. The van der Waals surface area contributed by atoms with Gasteiger partial charge in [-0.05, 0) is 32.0 Å². The van der Waals surface area contributed by atoms with Crippen LogP contribution in [0.1, 0.15) is 34.0 Å². The first-order valence-corrected chi connectivity index (χ1v) is 7.72. The van der Waals surface area contributed by atoms with Crippen molar-refractivity contribution in [2.45, 2.75) is 26.2 Å². The van der Waals surface area contributed by atoms with Gasteiger partial charge in [-0.3, -0.25) is 4.79 Å². The van der Waals surface area contributed by atoms with Crippen LogP contribution in [0.4, 0.5) is 32.0 Å². The number of hydrogen-bond acceptors (Lipinski definition) is 2. The summed E-state index contributed by atoms with van der Waals surface area (Å²) in [4.78, 5) is 12.1. The predicted molar refractivity (Wildman–Crippen MR) is 89.3 cm³/mol. The van der Waals surface area contributed by atoms with Gasteiger partial charge in [-0.1, -0.05) is 29.8 Å². The van der Waals surface area contributed by atoms with Crippen LogP contribution in [0.3, 0.4) is 0 Å². The molecule has 0 fully saturated rings. The Balaban J connectivity index is 2.32. The summed E-state index contributed by atoms with van der Waals surface area (Å²) < 4.78 is 77.2. The van der Waals surface area contributed by atoms with Crippen LogP contribution in [0.2, 0.25) is 0 Å². The molecular weight excluding hydrogens is 372 g/mol. The smallest absolute Gasteiger partial charge is 0.359 e. The summed E-state index contributed by atoms with van der Waals surface area (Å²) in [6.45, 7) is 3.21. The number of alkyl halides is 6. The van der Waals surface area contributed by atoms with Gasteiger partial charge < -0.3 is 5.32 Å². The van der Waals surface area contributed by atoms with E-state index in [2.05, 4.69) is 5.32 Å². The second-order valence-corrected chi connectivity index (χ2v) is 5.98. The number of rotatable bonds is 4. The summed E-state index contributed by atoms with van der Waals surface area (Å²) in [7, 11) is 0. The first kappa shape index (κ1) is 20.5. The molecule has 144 valence electrons. The zero-order valence-corrected chi connectivity index (χ0v) is 14.3. The van der Waals surface area contributed by atoms with Crippen LogP contribution in [-0.2, 0) is 12.4 Å². The number of halogens is 6. The van der Waals surface area contributed by atoms with Crippen molar-refractivity contribution >= 4 is 11.5 Å². The molecule has 0 aliphatic heterocycles. The maximum absolute atomic E-state index is 12.9. The van der Waals surface area contributed by atoms with E-state index in [-0.39, 0.29) is 11.8 Å². The molecule has 0 atom stereocenters. The van der Waals surface area contributed by atoms with Crippen LogP contribution in [0.5, 0.6) is 0 Å². The first-order chi connectivity index (χ1) is 12.4. The second-order valence-electron chi connectivity index (χ2n) is 5.98. The highest BCUT2D eigenvalue weighted by Crippen LogP contribution is 2.37. The highest BCUT2D eigenvalue weighted by atomic mass is 19.4. The quantitative estimate of drug-likeness (QED) is 0.383. The van der Waals surface area contributed by atoms with Crippen molar-refractivity contribution < 1.29 is 31.1 Å². The lowest BCUT2D eigenvalue weighted by Gasteiger charge is -2.15. The van der Waals surface area contributed by atoms with E-state index in [1.54, 1.807) is 24.3 Å². The topological polar surface area (TPSA) is 29.1 Å². The van der Waals surface area contributed by atoms with E-state index in [1.807, 2.05) is 6.92 Å². The van der Waals surface area contributed by atoms with Gasteiger partial charge in [0.25, 0.3) is 0 Å². The highest BCUT2D eigenvalue weighted by molar-refractivity contribution is 6.05. The molecule has 0 heterocycles. The number of aryl methyl sites for hydroxylation is 1. The molecule has 0 aliphatic carbocycles. The molecule has 2 nitrogen and oxygen atoms in total. The molecule has 0 saturated carbocycles. The monoisotopic (exact) mass is 387 g/mol. The summed E-state index contributed by atoms with van der Waals surface area (Å²) in [6, 6.07) is 7.74. The Kier molecular flexibility index (Phi) is 5.67. The number of benzene rings is 2. The second kappa shape index (κ2) is 7.46. The van der Waals surface area contributed by atoms with E-state index in [9.17, 15) is 31.1 Å². The molecule has 27 heavy (non-hydrogen) atoms. The molecule has 8 heteroatoms. The Morgan fingerprint density at radius 3 is 1.81 bits per heavy atom. The SMILES string of the molecule is C/C(=C\C(=O)c1ccc(C)cc1)Nc1cc(C(F)(F)F)cc(C(F)(F)F)c1. The number of carbonyl (C=O) groups is 1. The Labute approximate surface area is 151 Å². The Hall–Kier alpha value is -2.77. The number of carbonyl (C=O) groups excluding carboxylic acids is 1. The number of hydrogen-bond donors (Lipinski definition) is 1. The van der Waals surface area contributed by atoms with E-state index < -0.39 is 35.0 Å². The zero-order valence-electron chi connectivity index (χ0n) is 14.3. The third kappa shape index (κ3) is 5.60. The van der Waals surface area contributed by atoms with Crippen LogP contribution in [0.15, 0.2) is 54.2 Å². The van der Waals surface area contributed by atoms with Gasteiger partial charge in [0.15, 0.2) is 5.78 Å². The summed E-state index contributed by atoms with van der Waals surface area (Å²) in [5.74, 6) is -0.428. The van der Waals surface area contributed by atoms with Crippen LogP contribution in [0, 0.1) is 6.92 Å². The maximum Gasteiger partial charge on any atom is 0.416 e. The highest BCUT2D eigenvalue weighted by Gasteiger charge is 2.36. The molecular formula is C19H15F6NO. The Morgan fingerprint density at radius 2 is 1.37 bits per heavy atom. The van der Waals surface area contributed by atoms with Crippen LogP contribution in [-0.4, -0.2) is 5.78 Å². The van der Waals surface area contributed by atoms with Gasteiger partial charge in [-0.2, -0.15) is 26.3 Å². The Bertz CT molecular complexity index is 831. The zero-order chi connectivity index (χ0) is 20.4. The van der Waals surface area contributed by atoms with Gasteiger partial charge in [0.1, 0.15) is 0 Å². The van der Waals surface area contributed by atoms with Crippen molar-refractivity contribution in [2.24, 2.45) is 0 Å². The molecule has 0 aromatic heterocycles. The Morgan fingerprint density at radius 1 is 0.889 bits per heavy atom. The third-order valence-electron chi connectivity index (χ3n) is 3.61. The van der Waals surface area contributed by atoms with Crippen molar-refractivity contribution in [3.05, 3.63) is 76.5 Å². The maximum atomic E-state index is 12.9. The average molecular weight is 387 g/mol. The fraction of sp³-hybridized carbons (Fsp3) is 0.211. The standard InChI is InChI=1S/C19H15F6NO/c1-11-3-5-13(6-4-11)17(27)7-12(2)26-16-9-14(18(20,21)22)8-15(10-16)19(23,24)25/h3-10,26H,1-2H3/b12-7+. The summed E-state index contributed by atoms with van der Waals surface area (Å²) in [5.41, 5.74) is -1.89. The minimum Gasteiger partial charge on any atom is -0.359 e. The number of anilines is 1. The van der Waals surface area contributed by atoms with Crippen molar-refractivity contribution in [2.75, 3.05) is 5.32 Å². The first-order valence-electron chi connectivity index (χ1n) is 7.72. The molecule has 0 unspecified atom stereocenters. The molecule has 0 spiro atoms. The average Bonchev–Trinajstić information content (AvgIpc) is 2.53. The van der Waals surface area contributed by atoms with E-state index in [1.165, 1.54) is 6.92 Å². The van der Waals surface area contributed by atoms with Gasteiger partial charge in [-0.15, -0.1) is 0 Å². The van der Waals surface area contributed by atoms with Crippen LogP contribution >= 0.6 is 0 Å². The normalized spacial score (nSPS) is 12.8. The van der Waals surface area contributed by atoms with E-state index >= 15 is 0 Å². The minimum atomic E-state index is -4.94. The summed E-state index contributed by atoms with van der Waals surface area (Å²) >= 11 is 0. The third-order valence-corrected chi connectivity index (χ3v) is 3.61. The fourth-order valence-corrected chi connectivity index (χ4v) is 2.29. The van der Waals surface area contributed by atoms with Crippen LogP contribution < -0.4 is 5.32 Å². The van der Waals surface area contributed by atoms with E-state index in [0.717, 1.165) is 11.6 Å². The molecule has 0 bridgehead atoms. The van der Waals surface area contributed by atoms with Gasteiger partial charge >= 0.3 is 12.4 Å². The summed E-state index contributed by atoms with van der Waals surface area (Å²) in [6.07, 6.45) is -8.77. The lowest BCUT2D eigenvalue weighted by Crippen LogP contribution is -2.12. The molecule has 2 aromatic rings. The minimum absolute atomic E-state index is 0.0433. The van der Waals surface area contributed by atoms with Crippen molar-refractivity contribution in [1.82, 2.24) is 0 Å². The molecule has 0 saturated heterocycles. The lowest BCUT2D eigenvalue weighted by molar-refractivity contribution is -0.143. The number of allylic oxidation sites excluding steroid dienone is 2. The van der Waals surface area contributed by atoms with Crippen LogP contribution in [0.25, 0.3) is 0 Å². The molecule has 0 aliphatic rings. The van der Waals surface area contributed by atoms with Gasteiger partial charge in [0.2, 0.25) is 0 Å². The molecule has 2 aromatic carbocycles.